The van der Waals surface area contributed by atoms with Crippen molar-refractivity contribution in [1.29, 1.82) is 0 Å². The van der Waals surface area contributed by atoms with Gasteiger partial charge in [-0.2, -0.15) is 11.0 Å². The van der Waals surface area contributed by atoms with Crippen LogP contribution in [0.15, 0.2) is 0 Å². The predicted molar refractivity (Wildman–Crippen MR) is 169 cm³/mol. The molecule has 0 aliphatic carbocycles. The molecule has 6 nitrogen and oxygen atoms in total. The van der Waals surface area contributed by atoms with Crippen molar-refractivity contribution in [1.82, 2.24) is 11.0 Å². The van der Waals surface area contributed by atoms with Crippen LogP contribution >= 0.6 is 0 Å². The predicted octanol–water partition coefficient (Wildman–Crippen LogP) is 10.0. The molecule has 6 heteroatoms. The Bertz CT molecular complexity index is 484. The molecule has 40 heavy (non-hydrogen) atoms. The summed E-state index contributed by atoms with van der Waals surface area (Å²) in [6, 6.07) is 0. The summed E-state index contributed by atoms with van der Waals surface area (Å²) in [6.07, 6.45) is 36.6. The van der Waals surface area contributed by atoms with Crippen molar-refractivity contribution in [2.24, 2.45) is 0 Å². The lowest BCUT2D eigenvalue weighted by Gasteiger charge is -2.07. The van der Waals surface area contributed by atoms with Crippen LogP contribution < -0.4 is 11.0 Å². The summed E-state index contributed by atoms with van der Waals surface area (Å²) in [4.78, 5) is 33.0. The third-order valence-electron chi connectivity index (χ3n) is 7.76. The first-order chi connectivity index (χ1) is 19.7. The Hall–Kier alpha value is -1.14. The SMILES string of the molecule is CCCCCCCCCCCCCCCCNOC(=O)C(=O)ONCCCCCCCCCCCCCCCC. The second-order valence-corrected chi connectivity index (χ2v) is 11.8. The van der Waals surface area contributed by atoms with E-state index in [1.807, 2.05) is 0 Å². The maximum Gasteiger partial charge on any atom is 0.437 e. The van der Waals surface area contributed by atoms with E-state index in [0.717, 1.165) is 25.7 Å². The van der Waals surface area contributed by atoms with Crippen LogP contribution in [0.5, 0.6) is 0 Å². The molecule has 0 aromatic rings. The van der Waals surface area contributed by atoms with Gasteiger partial charge in [0, 0.05) is 13.1 Å². The fraction of sp³-hybridized carbons (Fsp3) is 0.941. The maximum atomic E-state index is 11.7. The van der Waals surface area contributed by atoms with Crippen LogP contribution in [-0.2, 0) is 19.3 Å². The molecule has 0 amide bonds. The first kappa shape index (κ1) is 38.9. The monoisotopic (exact) mass is 569 g/mol. The van der Waals surface area contributed by atoms with Gasteiger partial charge in [-0.05, 0) is 12.8 Å². The summed E-state index contributed by atoms with van der Waals surface area (Å²) in [7, 11) is 0. The van der Waals surface area contributed by atoms with Crippen LogP contribution in [0.1, 0.15) is 194 Å². The molecule has 0 aliphatic rings. The summed E-state index contributed by atoms with van der Waals surface area (Å²) < 4.78 is 0. The lowest BCUT2D eigenvalue weighted by Crippen LogP contribution is -2.32. The third-order valence-corrected chi connectivity index (χ3v) is 7.76. The number of rotatable bonds is 32. The average Bonchev–Trinajstić information content (AvgIpc) is 2.96. The van der Waals surface area contributed by atoms with Crippen molar-refractivity contribution < 1.29 is 19.3 Å². The number of hydrogen-bond donors (Lipinski definition) is 2. The smallest absolute Gasteiger partial charge is 0.362 e. The lowest BCUT2D eigenvalue weighted by atomic mass is 10.0. The van der Waals surface area contributed by atoms with Crippen LogP contribution in [0.3, 0.4) is 0 Å². The summed E-state index contributed by atoms with van der Waals surface area (Å²) in [6.45, 7) is 5.65. The molecule has 0 bridgehead atoms. The molecule has 0 saturated heterocycles. The van der Waals surface area contributed by atoms with Crippen molar-refractivity contribution in [3.63, 3.8) is 0 Å². The Morgan fingerprint density at radius 2 is 0.550 bits per heavy atom. The molecule has 0 atom stereocenters. The highest BCUT2D eigenvalue weighted by Crippen LogP contribution is 2.14. The van der Waals surface area contributed by atoms with E-state index in [9.17, 15) is 9.59 Å². The fourth-order valence-electron chi connectivity index (χ4n) is 5.10. The number of unbranched alkanes of at least 4 members (excludes halogenated alkanes) is 26. The second kappa shape index (κ2) is 34.1. The molecular weight excluding hydrogens is 500 g/mol. The van der Waals surface area contributed by atoms with Crippen LogP contribution in [0.25, 0.3) is 0 Å². The number of hydroxylamine groups is 2. The standard InChI is InChI=1S/C34H68N2O4/c1-3-5-7-9-11-13-15-17-19-21-23-25-27-29-31-35-39-33(37)34(38)40-36-32-30-28-26-24-22-20-18-16-14-12-10-8-6-4-2/h35-36H,3-32H2,1-2H3. The molecule has 0 aromatic heterocycles. The van der Waals surface area contributed by atoms with Crippen LogP contribution in [0.2, 0.25) is 0 Å². The molecule has 238 valence electrons. The minimum Gasteiger partial charge on any atom is -0.362 e. The van der Waals surface area contributed by atoms with Gasteiger partial charge in [0.1, 0.15) is 0 Å². The fourth-order valence-corrected chi connectivity index (χ4v) is 5.10. The molecule has 0 unspecified atom stereocenters. The number of carbonyl (C=O) groups is 2. The Balaban J connectivity index is 3.27. The molecule has 0 rings (SSSR count). The van der Waals surface area contributed by atoms with Gasteiger partial charge in [-0.1, -0.05) is 181 Å². The molecule has 0 spiro atoms. The highest BCUT2D eigenvalue weighted by molar-refractivity contribution is 6.29. The second-order valence-electron chi connectivity index (χ2n) is 11.8. The molecule has 2 N–H and O–H groups in total. The molecule has 0 heterocycles. The first-order valence-electron chi connectivity index (χ1n) is 17.6. The topological polar surface area (TPSA) is 76.7 Å². The lowest BCUT2D eigenvalue weighted by molar-refractivity contribution is -0.176. The number of hydrogen-bond acceptors (Lipinski definition) is 6. The zero-order valence-electron chi connectivity index (χ0n) is 26.8. The highest BCUT2D eigenvalue weighted by Gasteiger charge is 2.17. The Labute approximate surface area is 248 Å². The molecule has 0 saturated carbocycles. The average molecular weight is 569 g/mol. The van der Waals surface area contributed by atoms with E-state index >= 15 is 0 Å². The molecule has 0 aromatic carbocycles. The zero-order valence-corrected chi connectivity index (χ0v) is 26.8. The molecule has 0 fully saturated rings. The molecule has 0 radical (unpaired) electrons. The number of nitrogens with one attached hydrogen (secondary N) is 2. The van der Waals surface area contributed by atoms with Gasteiger partial charge in [-0.15, -0.1) is 0 Å². The summed E-state index contributed by atoms with van der Waals surface area (Å²) in [5, 5.41) is 0. The molecular formula is C34H68N2O4. The minimum atomic E-state index is -1.00. The number of carbonyl (C=O) groups excluding carboxylic acids is 2. The van der Waals surface area contributed by atoms with Crippen molar-refractivity contribution >= 4 is 11.9 Å². The van der Waals surface area contributed by atoms with E-state index in [1.165, 1.54) is 154 Å². The van der Waals surface area contributed by atoms with Gasteiger partial charge in [0.05, 0.1) is 0 Å². The minimum absolute atomic E-state index is 0.559. The highest BCUT2D eigenvalue weighted by atomic mass is 16.7. The quantitative estimate of drug-likeness (QED) is 0.0477. The van der Waals surface area contributed by atoms with E-state index in [0.29, 0.717) is 13.1 Å². The van der Waals surface area contributed by atoms with E-state index in [-0.39, 0.29) is 0 Å². The van der Waals surface area contributed by atoms with Crippen molar-refractivity contribution in [3.05, 3.63) is 0 Å². The van der Waals surface area contributed by atoms with Gasteiger partial charge in [-0.3, -0.25) is 0 Å². The van der Waals surface area contributed by atoms with E-state index in [4.69, 9.17) is 9.68 Å². The Morgan fingerprint density at radius 3 is 0.775 bits per heavy atom. The van der Waals surface area contributed by atoms with Crippen LogP contribution in [0, 0.1) is 0 Å². The Morgan fingerprint density at radius 1 is 0.350 bits per heavy atom. The van der Waals surface area contributed by atoms with Gasteiger partial charge >= 0.3 is 11.9 Å². The van der Waals surface area contributed by atoms with Gasteiger partial charge in [0.25, 0.3) is 0 Å². The van der Waals surface area contributed by atoms with Crippen molar-refractivity contribution in [2.45, 2.75) is 194 Å². The van der Waals surface area contributed by atoms with Crippen LogP contribution in [-0.4, -0.2) is 25.0 Å². The van der Waals surface area contributed by atoms with Gasteiger partial charge in [0.2, 0.25) is 0 Å². The van der Waals surface area contributed by atoms with E-state index < -0.39 is 11.9 Å². The summed E-state index contributed by atoms with van der Waals surface area (Å²) in [5.41, 5.74) is 5.18. The van der Waals surface area contributed by atoms with Gasteiger partial charge in [-0.25, -0.2) is 9.59 Å². The maximum absolute atomic E-state index is 11.7. The van der Waals surface area contributed by atoms with Gasteiger partial charge < -0.3 is 9.68 Å². The first-order valence-corrected chi connectivity index (χ1v) is 17.6. The molecule has 0 aliphatic heterocycles. The zero-order chi connectivity index (χ0) is 29.2. The summed E-state index contributed by atoms with van der Waals surface area (Å²) >= 11 is 0. The normalized spacial score (nSPS) is 11.2. The van der Waals surface area contributed by atoms with Gasteiger partial charge in [0.15, 0.2) is 0 Å². The van der Waals surface area contributed by atoms with Crippen molar-refractivity contribution in [3.8, 4) is 0 Å². The van der Waals surface area contributed by atoms with Crippen molar-refractivity contribution in [2.75, 3.05) is 13.1 Å². The largest absolute Gasteiger partial charge is 0.437 e. The van der Waals surface area contributed by atoms with Crippen LogP contribution in [0.4, 0.5) is 0 Å². The van der Waals surface area contributed by atoms with E-state index in [2.05, 4.69) is 24.8 Å². The summed E-state index contributed by atoms with van der Waals surface area (Å²) in [5.74, 6) is -2.00. The Kier molecular flexibility index (Phi) is 33.1. The van der Waals surface area contributed by atoms with E-state index in [1.54, 1.807) is 0 Å². The third kappa shape index (κ3) is 31.4.